The van der Waals surface area contributed by atoms with Gasteiger partial charge in [-0.3, -0.25) is 28.8 Å². The number of thiophene rings is 1. The SMILES string of the molecule is CN(C)C(=O)[C@@H](NC(=O)CNC(=O)C(=O)[C@H](CC1CC1)NC(=O)C1[C@H]2CC(C)(C)O[C@H]2CN1C(=O)[C@@H](NC(=O)OC(C)(C)C)C1CCCCC1)c1cccs1. The van der Waals surface area contributed by atoms with E-state index in [1.807, 2.05) is 13.8 Å². The summed E-state index contributed by atoms with van der Waals surface area (Å²) in [5.41, 5.74) is -1.34. The van der Waals surface area contributed by atoms with Gasteiger partial charge in [-0.25, -0.2) is 4.79 Å². The number of alkyl carbamates (subject to hydrolysis) is 1. The molecule has 6 amide bonds. The molecule has 1 aromatic rings. The number of nitrogens with one attached hydrogen (secondary N) is 4. The standard InChI is InChI=1S/C39H58N6O9S/c1-38(2,3)54-37(52)43-29(23-12-9-8-10-13-23)36(51)45-21-26-24(19-39(4,5)53-26)31(45)33(48)41-25(18-22-15-16-22)32(47)34(49)40-20-28(46)42-30(35(50)44(6)7)27-14-11-17-55-27/h11,14,17,22-26,29-31H,8-10,12-13,15-16,18-21H2,1-7H3,(H,40,49)(H,41,48)(H,42,46)(H,43,52)/t24-,25-,26-,29-,30-,31?/m0/s1. The zero-order valence-corrected chi connectivity index (χ0v) is 33.9. The van der Waals surface area contributed by atoms with Crippen LogP contribution in [0.4, 0.5) is 4.79 Å². The molecule has 2 aliphatic heterocycles. The average molecular weight is 787 g/mol. The number of nitrogens with zero attached hydrogens (tertiary/aromatic N) is 2. The topological polar surface area (TPSA) is 193 Å². The predicted octanol–water partition coefficient (Wildman–Crippen LogP) is 2.83. The Morgan fingerprint density at radius 1 is 1.00 bits per heavy atom. The van der Waals surface area contributed by atoms with Gasteiger partial charge in [0.2, 0.25) is 29.4 Å². The van der Waals surface area contributed by atoms with E-state index >= 15 is 0 Å². The van der Waals surface area contributed by atoms with Crippen molar-refractivity contribution in [1.82, 2.24) is 31.1 Å². The van der Waals surface area contributed by atoms with Gasteiger partial charge in [-0.1, -0.05) is 38.2 Å². The molecule has 2 saturated carbocycles. The van der Waals surface area contributed by atoms with Gasteiger partial charge in [0.1, 0.15) is 23.7 Å². The monoisotopic (exact) mass is 786 g/mol. The zero-order chi connectivity index (χ0) is 40.2. The van der Waals surface area contributed by atoms with Crippen LogP contribution in [0.5, 0.6) is 0 Å². The van der Waals surface area contributed by atoms with Crippen LogP contribution in [-0.2, 0) is 38.2 Å². The highest BCUT2D eigenvalue weighted by Gasteiger charge is 2.56. The second-order valence-electron chi connectivity index (χ2n) is 17.3. The van der Waals surface area contributed by atoms with Crippen molar-refractivity contribution in [3.05, 3.63) is 22.4 Å². The number of Topliss-reactive ketones (excluding diaryl/α,β-unsaturated/α-hetero) is 1. The predicted molar refractivity (Wildman–Crippen MR) is 203 cm³/mol. The van der Waals surface area contributed by atoms with E-state index in [0.29, 0.717) is 11.3 Å². The lowest BCUT2D eigenvalue weighted by atomic mass is 9.83. The van der Waals surface area contributed by atoms with E-state index in [4.69, 9.17) is 9.47 Å². The summed E-state index contributed by atoms with van der Waals surface area (Å²) in [5, 5.41) is 12.5. The van der Waals surface area contributed by atoms with Crippen molar-refractivity contribution in [1.29, 1.82) is 0 Å². The van der Waals surface area contributed by atoms with Crippen LogP contribution in [-0.4, -0.2) is 114 Å². The van der Waals surface area contributed by atoms with Crippen molar-refractivity contribution in [3.8, 4) is 0 Å². The molecular weight excluding hydrogens is 729 g/mol. The smallest absolute Gasteiger partial charge is 0.408 e. The lowest BCUT2D eigenvalue weighted by molar-refractivity contribution is -0.145. The maximum absolute atomic E-state index is 14.6. The van der Waals surface area contributed by atoms with Gasteiger partial charge in [-0.2, -0.15) is 0 Å². The zero-order valence-electron chi connectivity index (χ0n) is 33.1. The molecule has 6 atom stereocenters. The van der Waals surface area contributed by atoms with Crippen LogP contribution in [0, 0.1) is 17.8 Å². The summed E-state index contributed by atoms with van der Waals surface area (Å²) >= 11 is 1.30. The first-order valence-electron chi connectivity index (χ1n) is 19.5. The van der Waals surface area contributed by atoms with Crippen LogP contribution < -0.4 is 21.3 Å². The number of carbonyl (C=O) groups is 7. The minimum absolute atomic E-state index is 0.129. The molecule has 55 heavy (non-hydrogen) atoms. The summed E-state index contributed by atoms with van der Waals surface area (Å²) in [5.74, 6) is -4.36. The quantitative estimate of drug-likeness (QED) is 0.205. The van der Waals surface area contributed by atoms with E-state index in [9.17, 15) is 33.6 Å². The van der Waals surface area contributed by atoms with Gasteiger partial charge in [0.25, 0.3) is 5.91 Å². The molecule has 4 fully saturated rings. The number of ether oxygens (including phenoxy) is 2. The Labute approximate surface area is 327 Å². The molecule has 16 heteroatoms. The van der Waals surface area contributed by atoms with Crippen molar-refractivity contribution < 1.29 is 43.0 Å². The Kier molecular flexibility index (Phi) is 13.3. The number of hydrogen-bond acceptors (Lipinski definition) is 10. The molecule has 0 aromatic carbocycles. The molecule has 5 rings (SSSR count). The Bertz CT molecular complexity index is 1600. The Morgan fingerprint density at radius 2 is 1.69 bits per heavy atom. The summed E-state index contributed by atoms with van der Waals surface area (Å²) in [7, 11) is 3.14. The van der Waals surface area contributed by atoms with Crippen LogP contribution in [0.15, 0.2) is 17.5 Å². The van der Waals surface area contributed by atoms with Crippen molar-refractivity contribution in [2.24, 2.45) is 17.8 Å². The molecule has 4 aliphatic rings. The van der Waals surface area contributed by atoms with Gasteiger partial charge in [0.15, 0.2) is 0 Å². The van der Waals surface area contributed by atoms with Gasteiger partial charge in [0, 0.05) is 31.4 Å². The second-order valence-corrected chi connectivity index (χ2v) is 18.3. The first-order chi connectivity index (χ1) is 25.8. The Hall–Kier alpha value is -4.05. The number of ketones is 1. The first-order valence-corrected chi connectivity index (χ1v) is 20.4. The average Bonchev–Trinajstić information content (AvgIpc) is 3.48. The highest BCUT2D eigenvalue weighted by Crippen LogP contribution is 2.44. The molecular formula is C39H58N6O9S. The van der Waals surface area contributed by atoms with Gasteiger partial charge in [-0.15, -0.1) is 11.3 Å². The summed E-state index contributed by atoms with van der Waals surface area (Å²) in [6, 6.07) is -0.619. The van der Waals surface area contributed by atoms with Gasteiger partial charge in [-0.05, 0) is 83.6 Å². The first kappa shape index (κ1) is 42.1. The minimum Gasteiger partial charge on any atom is -0.444 e. The molecule has 0 spiro atoms. The second kappa shape index (κ2) is 17.4. The van der Waals surface area contributed by atoms with Crippen LogP contribution in [0.2, 0.25) is 0 Å². The fraction of sp³-hybridized carbons (Fsp3) is 0.718. The molecule has 1 aromatic heterocycles. The molecule has 304 valence electrons. The van der Waals surface area contributed by atoms with Gasteiger partial charge >= 0.3 is 6.09 Å². The normalized spacial score (nSPS) is 23.8. The molecule has 4 N–H and O–H groups in total. The van der Waals surface area contributed by atoms with Crippen molar-refractivity contribution in [2.75, 3.05) is 27.2 Å². The highest BCUT2D eigenvalue weighted by atomic mass is 32.1. The molecule has 15 nitrogen and oxygen atoms in total. The third-order valence-electron chi connectivity index (χ3n) is 10.8. The summed E-state index contributed by atoms with van der Waals surface area (Å²) in [4.78, 5) is 98.2. The molecule has 0 bridgehead atoms. The number of likely N-dealkylation sites (tertiary alicyclic amines) is 1. The van der Waals surface area contributed by atoms with Crippen molar-refractivity contribution in [2.45, 2.75) is 134 Å². The number of fused-ring (bicyclic) bond motifs is 1. The van der Waals surface area contributed by atoms with Crippen LogP contribution in [0.3, 0.4) is 0 Å². The summed E-state index contributed by atoms with van der Waals surface area (Å²) in [6.45, 7) is 8.66. The number of rotatable bonds is 14. The van der Waals surface area contributed by atoms with E-state index in [1.165, 1.54) is 21.1 Å². The number of carbonyl (C=O) groups excluding carboxylic acids is 7. The summed E-state index contributed by atoms with van der Waals surface area (Å²) in [6.07, 6.45) is 5.56. The molecule has 2 saturated heterocycles. The Balaban J connectivity index is 1.31. The van der Waals surface area contributed by atoms with E-state index in [1.54, 1.807) is 52.4 Å². The van der Waals surface area contributed by atoms with Crippen molar-refractivity contribution >= 4 is 52.7 Å². The van der Waals surface area contributed by atoms with E-state index in [0.717, 1.165) is 44.9 Å². The van der Waals surface area contributed by atoms with E-state index in [2.05, 4.69) is 21.3 Å². The van der Waals surface area contributed by atoms with Crippen LogP contribution >= 0.6 is 11.3 Å². The van der Waals surface area contributed by atoms with Crippen LogP contribution in [0.25, 0.3) is 0 Å². The maximum atomic E-state index is 14.6. The molecule has 3 heterocycles. The van der Waals surface area contributed by atoms with Crippen molar-refractivity contribution in [3.63, 3.8) is 0 Å². The highest BCUT2D eigenvalue weighted by molar-refractivity contribution is 7.10. The van der Waals surface area contributed by atoms with E-state index in [-0.39, 0.29) is 36.6 Å². The lowest BCUT2D eigenvalue weighted by Gasteiger charge is -2.36. The largest absolute Gasteiger partial charge is 0.444 e. The third-order valence-corrected chi connectivity index (χ3v) is 11.7. The number of amides is 6. The minimum atomic E-state index is -1.20. The molecule has 0 radical (unpaired) electrons. The Morgan fingerprint density at radius 3 is 2.29 bits per heavy atom. The fourth-order valence-corrected chi connectivity index (χ4v) is 8.82. The third kappa shape index (κ3) is 11.0. The van der Waals surface area contributed by atoms with E-state index < -0.39 is 83.5 Å². The molecule has 2 aliphatic carbocycles. The molecule has 1 unspecified atom stereocenters. The number of likely N-dealkylation sites (N-methyl/N-ethyl adjacent to an activating group) is 1. The van der Waals surface area contributed by atoms with Gasteiger partial charge in [0.05, 0.1) is 24.3 Å². The summed E-state index contributed by atoms with van der Waals surface area (Å²) < 4.78 is 11.9. The van der Waals surface area contributed by atoms with Gasteiger partial charge < -0.3 is 40.5 Å². The fourth-order valence-electron chi connectivity index (χ4n) is 8.06. The lowest BCUT2D eigenvalue weighted by Crippen LogP contribution is -2.59. The van der Waals surface area contributed by atoms with Crippen LogP contribution in [0.1, 0.15) is 103 Å². The maximum Gasteiger partial charge on any atom is 0.408 e. The number of hydrogen-bond donors (Lipinski definition) is 4.